The number of nitrogens with one attached hydrogen (secondary N) is 1. The van der Waals surface area contributed by atoms with Crippen molar-refractivity contribution < 1.29 is 14.7 Å². The molecule has 0 spiro atoms. The molecule has 100 valence electrons. The predicted octanol–water partition coefficient (Wildman–Crippen LogP) is 1.07. The van der Waals surface area contributed by atoms with Crippen LogP contribution in [0.3, 0.4) is 0 Å². The quantitative estimate of drug-likeness (QED) is 0.851. The highest BCUT2D eigenvalue weighted by atomic mass is 16.4. The van der Waals surface area contributed by atoms with Gasteiger partial charge in [-0.05, 0) is 25.0 Å². The summed E-state index contributed by atoms with van der Waals surface area (Å²) in [5.74, 6) is -1.09. The summed E-state index contributed by atoms with van der Waals surface area (Å²) in [6, 6.07) is 3.20. The van der Waals surface area contributed by atoms with E-state index in [1.165, 1.54) is 6.20 Å². The van der Waals surface area contributed by atoms with Crippen molar-refractivity contribution in [3.05, 3.63) is 29.6 Å². The van der Waals surface area contributed by atoms with Gasteiger partial charge in [0.15, 0.2) is 5.69 Å². The lowest BCUT2D eigenvalue weighted by molar-refractivity contribution is -0.124. The fraction of sp³-hybridized carbons (Fsp3) is 0.385. The van der Waals surface area contributed by atoms with Gasteiger partial charge in [0.05, 0.1) is 5.56 Å². The van der Waals surface area contributed by atoms with Crippen LogP contribution in [0.4, 0.5) is 0 Å². The number of aromatic nitrogens is 1. The molecule has 2 N–H and O–H groups in total. The van der Waals surface area contributed by atoms with E-state index in [4.69, 9.17) is 5.11 Å². The number of amides is 1. The maximum absolute atomic E-state index is 12.0. The average molecular weight is 261 g/mol. The number of hydrogen-bond donors (Lipinski definition) is 2. The Labute approximate surface area is 110 Å². The topological polar surface area (TPSA) is 91.7 Å². The minimum atomic E-state index is -1.15. The van der Waals surface area contributed by atoms with Gasteiger partial charge in [0.1, 0.15) is 11.4 Å². The van der Waals surface area contributed by atoms with Crippen molar-refractivity contribution in [1.82, 2.24) is 10.3 Å². The van der Waals surface area contributed by atoms with Crippen molar-refractivity contribution in [3.8, 4) is 0 Å². The van der Waals surface area contributed by atoms with Gasteiger partial charge in [-0.15, -0.1) is 0 Å². The molecule has 1 amide bonds. The fourth-order valence-electron chi connectivity index (χ4n) is 1.83. The Hall–Kier alpha value is -2.24. The van der Waals surface area contributed by atoms with E-state index in [1.54, 1.807) is 19.1 Å². The van der Waals surface area contributed by atoms with Crippen molar-refractivity contribution in [2.24, 2.45) is 10.9 Å². The van der Waals surface area contributed by atoms with E-state index in [2.05, 4.69) is 15.3 Å². The summed E-state index contributed by atoms with van der Waals surface area (Å²) in [7, 11) is 0. The van der Waals surface area contributed by atoms with Crippen molar-refractivity contribution in [2.45, 2.75) is 26.3 Å². The maximum atomic E-state index is 12.0. The molecule has 0 fully saturated rings. The summed E-state index contributed by atoms with van der Waals surface area (Å²) < 4.78 is 0. The highest BCUT2D eigenvalue weighted by Crippen LogP contribution is 2.27. The highest BCUT2D eigenvalue weighted by Gasteiger charge is 2.42. The summed E-state index contributed by atoms with van der Waals surface area (Å²) in [5.41, 5.74) is -0.664. The summed E-state index contributed by atoms with van der Waals surface area (Å²) >= 11 is 0. The fourth-order valence-corrected chi connectivity index (χ4v) is 1.83. The second-order valence-electron chi connectivity index (χ2n) is 4.92. The number of hydrogen-bond acceptors (Lipinski definition) is 4. The third-order valence-electron chi connectivity index (χ3n) is 3.43. The first-order valence-corrected chi connectivity index (χ1v) is 5.96. The first-order chi connectivity index (χ1) is 8.86. The lowest BCUT2D eigenvalue weighted by Crippen LogP contribution is -2.41. The number of aliphatic imine (C=N–C) groups is 1. The van der Waals surface area contributed by atoms with Crippen LogP contribution >= 0.6 is 0 Å². The highest BCUT2D eigenvalue weighted by molar-refractivity contribution is 6.17. The van der Waals surface area contributed by atoms with Gasteiger partial charge in [-0.25, -0.2) is 9.78 Å². The molecule has 2 heterocycles. The number of aromatic carboxylic acids is 1. The molecule has 19 heavy (non-hydrogen) atoms. The molecular formula is C13H15N3O3. The van der Waals surface area contributed by atoms with Crippen LogP contribution in [-0.4, -0.2) is 33.3 Å². The number of nitrogens with zero attached hydrogens (tertiary/aromatic N) is 2. The van der Waals surface area contributed by atoms with Gasteiger partial charge in [0, 0.05) is 6.20 Å². The van der Waals surface area contributed by atoms with Crippen LogP contribution < -0.4 is 5.32 Å². The Balaban J connectivity index is 2.51. The molecule has 1 aliphatic rings. The predicted molar refractivity (Wildman–Crippen MR) is 69.1 cm³/mol. The smallest absolute Gasteiger partial charge is 0.355 e. The zero-order chi connectivity index (χ0) is 14.2. The number of amidine groups is 1. The molecule has 0 unspecified atom stereocenters. The minimum Gasteiger partial charge on any atom is -0.476 e. The van der Waals surface area contributed by atoms with E-state index >= 15 is 0 Å². The molecule has 0 radical (unpaired) electrons. The molecule has 1 aliphatic heterocycles. The number of pyridine rings is 1. The van der Waals surface area contributed by atoms with Crippen molar-refractivity contribution in [3.63, 3.8) is 0 Å². The van der Waals surface area contributed by atoms with Gasteiger partial charge >= 0.3 is 5.97 Å². The monoisotopic (exact) mass is 261 g/mol. The summed E-state index contributed by atoms with van der Waals surface area (Å²) in [5, 5.41) is 11.7. The Morgan fingerprint density at radius 2 is 2.16 bits per heavy atom. The van der Waals surface area contributed by atoms with Crippen LogP contribution in [0.2, 0.25) is 0 Å². The van der Waals surface area contributed by atoms with E-state index in [0.717, 1.165) is 0 Å². The SMILES string of the molecule is CC(C)[C@@]1(C)N=C(c2cccnc2C(=O)O)NC1=O. The summed E-state index contributed by atoms with van der Waals surface area (Å²) in [4.78, 5) is 31.3. The zero-order valence-electron chi connectivity index (χ0n) is 11.0. The minimum absolute atomic E-state index is 0.00921. The summed E-state index contributed by atoms with van der Waals surface area (Å²) in [6.07, 6.45) is 1.39. The Morgan fingerprint density at radius 3 is 2.68 bits per heavy atom. The summed E-state index contributed by atoms with van der Waals surface area (Å²) in [6.45, 7) is 5.53. The second-order valence-corrected chi connectivity index (χ2v) is 4.92. The molecule has 0 aromatic carbocycles. The lowest BCUT2D eigenvalue weighted by Gasteiger charge is -2.21. The molecular weight excluding hydrogens is 246 g/mol. The van der Waals surface area contributed by atoms with Gasteiger partial charge in [-0.3, -0.25) is 9.79 Å². The molecule has 0 aliphatic carbocycles. The number of rotatable bonds is 3. The van der Waals surface area contributed by atoms with Crippen molar-refractivity contribution >= 4 is 17.7 Å². The lowest BCUT2D eigenvalue weighted by atomic mass is 9.89. The van der Waals surface area contributed by atoms with Crippen molar-refractivity contribution in [2.75, 3.05) is 0 Å². The van der Waals surface area contributed by atoms with Crippen LogP contribution in [0.15, 0.2) is 23.3 Å². The Kier molecular flexibility index (Phi) is 3.09. The molecule has 1 aromatic rings. The molecule has 0 saturated heterocycles. The van der Waals surface area contributed by atoms with Gasteiger partial charge in [0.25, 0.3) is 5.91 Å². The standard InChI is InChI=1S/C13H15N3O3/c1-7(2)13(3)12(19)15-10(16-13)8-5-4-6-14-9(8)11(17)18/h4-7H,1-3H3,(H,17,18)(H,15,16,19)/t13-/m1/s1. The average Bonchev–Trinajstić information content (AvgIpc) is 2.67. The number of carboxylic acids is 1. The number of carbonyl (C=O) groups excluding carboxylic acids is 1. The molecule has 0 bridgehead atoms. The normalized spacial score (nSPS) is 22.3. The molecule has 1 atom stereocenters. The van der Waals surface area contributed by atoms with E-state index in [0.29, 0.717) is 5.56 Å². The van der Waals surface area contributed by atoms with Gasteiger partial charge in [-0.1, -0.05) is 13.8 Å². The van der Waals surface area contributed by atoms with E-state index in [1.807, 2.05) is 13.8 Å². The largest absolute Gasteiger partial charge is 0.476 e. The Morgan fingerprint density at radius 1 is 1.47 bits per heavy atom. The molecule has 2 rings (SSSR count). The van der Waals surface area contributed by atoms with Crippen LogP contribution in [0, 0.1) is 5.92 Å². The van der Waals surface area contributed by atoms with E-state index in [-0.39, 0.29) is 23.4 Å². The number of carbonyl (C=O) groups is 2. The second kappa shape index (κ2) is 4.46. The Bertz CT molecular complexity index is 580. The first-order valence-electron chi connectivity index (χ1n) is 5.96. The molecule has 0 saturated carbocycles. The van der Waals surface area contributed by atoms with Crippen LogP contribution in [0.1, 0.15) is 36.8 Å². The third kappa shape index (κ3) is 2.09. The third-order valence-corrected chi connectivity index (χ3v) is 3.43. The van der Waals surface area contributed by atoms with Crippen LogP contribution in [0.25, 0.3) is 0 Å². The van der Waals surface area contributed by atoms with Gasteiger partial charge in [0.2, 0.25) is 0 Å². The van der Waals surface area contributed by atoms with E-state index in [9.17, 15) is 9.59 Å². The van der Waals surface area contributed by atoms with E-state index < -0.39 is 11.5 Å². The van der Waals surface area contributed by atoms with Gasteiger partial charge < -0.3 is 10.4 Å². The maximum Gasteiger partial charge on any atom is 0.355 e. The first kappa shape index (κ1) is 13.2. The molecule has 6 nitrogen and oxygen atoms in total. The molecule has 6 heteroatoms. The molecule has 1 aromatic heterocycles. The van der Waals surface area contributed by atoms with Crippen LogP contribution in [0.5, 0.6) is 0 Å². The van der Waals surface area contributed by atoms with Gasteiger partial charge in [-0.2, -0.15) is 0 Å². The van der Waals surface area contributed by atoms with Crippen molar-refractivity contribution in [1.29, 1.82) is 0 Å². The van der Waals surface area contributed by atoms with Crippen LogP contribution in [-0.2, 0) is 4.79 Å². The zero-order valence-corrected chi connectivity index (χ0v) is 11.0. The number of carboxylic acid groups (broad SMARTS) is 1.